The Morgan fingerprint density at radius 3 is 2.61 bits per heavy atom. The highest BCUT2D eigenvalue weighted by molar-refractivity contribution is 7.99. The van der Waals surface area contributed by atoms with Gasteiger partial charge in [0.15, 0.2) is 0 Å². The van der Waals surface area contributed by atoms with E-state index in [4.69, 9.17) is 4.74 Å². The second-order valence-corrected chi connectivity index (χ2v) is 5.11. The summed E-state index contributed by atoms with van der Waals surface area (Å²) >= 11 is 1.63. The van der Waals surface area contributed by atoms with Gasteiger partial charge >= 0.3 is 0 Å². The minimum absolute atomic E-state index is 0.459. The molecule has 0 spiro atoms. The van der Waals surface area contributed by atoms with E-state index in [1.807, 2.05) is 48.5 Å². The normalized spacial score (nSPS) is 12.2. The maximum atomic E-state index is 9.75. The van der Waals surface area contributed by atoms with E-state index >= 15 is 0 Å². The fourth-order valence-electron chi connectivity index (χ4n) is 1.71. The zero-order valence-corrected chi connectivity index (χ0v) is 11.3. The Kier molecular flexibility index (Phi) is 4.28. The van der Waals surface area contributed by atoms with Gasteiger partial charge in [0, 0.05) is 9.79 Å². The third-order valence-corrected chi connectivity index (χ3v) is 3.72. The molecule has 0 radical (unpaired) electrons. The molecule has 0 fully saturated rings. The second-order valence-electron chi connectivity index (χ2n) is 3.99. The summed E-state index contributed by atoms with van der Waals surface area (Å²) in [6.45, 7) is 1.78. The Bertz CT molecular complexity index is 523. The van der Waals surface area contributed by atoms with Crippen molar-refractivity contribution in [1.82, 2.24) is 0 Å². The van der Waals surface area contributed by atoms with Gasteiger partial charge in [0.05, 0.1) is 13.2 Å². The minimum atomic E-state index is -0.459. The molecule has 0 aliphatic rings. The number of aliphatic hydroxyl groups excluding tert-OH is 1. The monoisotopic (exact) mass is 260 g/mol. The molecular formula is C15H16O2S. The molecule has 0 amide bonds. The molecule has 2 rings (SSSR count). The van der Waals surface area contributed by atoms with E-state index in [1.165, 1.54) is 0 Å². The van der Waals surface area contributed by atoms with Crippen LogP contribution in [-0.2, 0) is 0 Å². The number of ether oxygens (including phenoxy) is 1. The number of hydrogen-bond donors (Lipinski definition) is 1. The molecule has 2 aromatic rings. The van der Waals surface area contributed by atoms with Gasteiger partial charge in [0.2, 0.25) is 0 Å². The Morgan fingerprint density at radius 2 is 1.89 bits per heavy atom. The van der Waals surface area contributed by atoms with Crippen LogP contribution in [0.4, 0.5) is 0 Å². The van der Waals surface area contributed by atoms with Crippen molar-refractivity contribution in [2.45, 2.75) is 22.8 Å². The van der Waals surface area contributed by atoms with Crippen LogP contribution in [-0.4, -0.2) is 12.2 Å². The van der Waals surface area contributed by atoms with Gasteiger partial charge < -0.3 is 9.84 Å². The maximum absolute atomic E-state index is 9.75. The van der Waals surface area contributed by atoms with E-state index in [9.17, 15) is 5.11 Å². The summed E-state index contributed by atoms with van der Waals surface area (Å²) < 4.78 is 5.21. The Morgan fingerprint density at radius 1 is 1.11 bits per heavy atom. The predicted octanol–water partition coefficient (Wildman–Crippen LogP) is 3.90. The predicted molar refractivity (Wildman–Crippen MR) is 74.2 cm³/mol. The summed E-state index contributed by atoms with van der Waals surface area (Å²) in [5, 5.41) is 9.75. The zero-order valence-electron chi connectivity index (χ0n) is 10.5. The third kappa shape index (κ3) is 3.06. The van der Waals surface area contributed by atoms with Gasteiger partial charge in [-0.1, -0.05) is 36.0 Å². The van der Waals surface area contributed by atoms with Gasteiger partial charge in [0.1, 0.15) is 5.75 Å². The van der Waals surface area contributed by atoms with Gasteiger partial charge in [-0.05, 0) is 36.8 Å². The Balaban J connectivity index is 2.28. The largest absolute Gasteiger partial charge is 0.497 e. The van der Waals surface area contributed by atoms with Gasteiger partial charge in [-0.15, -0.1) is 0 Å². The minimum Gasteiger partial charge on any atom is -0.497 e. The van der Waals surface area contributed by atoms with E-state index in [-0.39, 0.29) is 0 Å². The maximum Gasteiger partial charge on any atom is 0.119 e. The van der Waals surface area contributed by atoms with Crippen molar-refractivity contribution < 1.29 is 9.84 Å². The molecule has 0 aliphatic heterocycles. The molecule has 1 atom stereocenters. The standard InChI is InChI=1S/C15H16O2S/c1-11(16)14-8-3-4-9-15(14)18-13-7-5-6-12(10-13)17-2/h3-11,16H,1-2H3. The quantitative estimate of drug-likeness (QED) is 0.904. The fraction of sp³-hybridized carbons (Fsp3) is 0.200. The van der Waals surface area contributed by atoms with Gasteiger partial charge in [-0.2, -0.15) is 0 Å². The van der Waals surface area contributed by atoms with Crippen LogP contribution in [0, 0.1) is 0 Å². The molecule has 0 heterocycles. The van der Waals surface area contributed by atoms with Crippen LogP contribution in [0.5, 0.6) is 5.75 Å². The molecule has 18 heavy (non-hydrogen) atoms. The first kappa shape index (κ1) is 13.0. The van der Waals surface area contributed by atoms with E-state index in [1.54, 1.807) is 25.8 Å². The van der Waals surface area contributed by atoms with Crippen molar-refractivity contribution in [2.75, 3.05) is 7.11 Å². The molecule has 1 unspecified atom stereocenters. The average Bonchev–Trinajstić information content (AvgIpc) is 2.39. The van der Waals surface area contributed by atoms with Crippen LogP contribution in [0.1, 0.15) is 18.6 Å². The van der Waals surface area contributed by atoms with Gasteiger partial charge in [-0.25, -0.2) is 0 Å². The van der Waals surface area contributed by atoms with Crippen molar-refractivity contribution >= 4 is 11.8 Å². The molecule has 94 valence electrons. The van der Waals surface area contributed by atoms with Crippen LogP contribution in [0.15, 0.2) is 58.3 Å². The highest BCUT2D eigenvalue weighted by Gasteiger charge is 2.08. The molecule has 2 aromatic carbocycles. The topological polar surface area (TPSA) is 29.5 Å². The van der Waals surface area contributed by atoms with Crippen molar-refractivity contribution in [1.29, 1.82) is 0 Å². The van der Waals surface area contributed by atoms with Crippen molar-refractivity contribution in [3.05, 3.63) is 54.1 Å². The highest BCUT2D eigenvalue weighted by atomic mass is 32.2. The molecule has 0 saturated carbocycles. The number of methoxy groups -OCH3 is 1. The number of aliphatic hydroxyl groups is 1. The molecule has 0 bridgehead atoms. The molecular weight excluding hydrogens is 244 g/mol. The Hall–Kier alpha value is -1.45. The summed E-state index contributed by atoms with van der Waals surface area (Å²) in [5.41, 5.74) is 0.949. The first-order valence-corrected chi connectivity index (χ1v) is 6.61. The van der Waals surface area contributed by atoms with E-state index < -0.39 is 6.10 Å². The van der Waals surface area contributed by atoms with E-state index in [0.717, 1.165) is 21.1 Å². The van der Waals surface area contributed by atoms with E-state index in [0.29, 0.717) is 0 Å². The lowest BCUT2D eigenvalue weighted by atomic mass is 10.1. The number of rotatable bonds is 4. The lowest BCUT2D eigenvalue weighted by molar-refractivity contribution is 0.196. The molecule has 1 N–H and O–H groups in total. The third-order valence-electron chi connectivity index (χ3n) is 2.64. The SMILES string of the molecule is COc1cccc(Sc2ccccc2C(C)O)c1. The number of benzene rings is 2. The summed E-state index contributed by atoms with van der Waals surface area (Å²) in [7, 11) is 1.66. The average molecular weight is 260 g/mol. The summed E-state index contributed by atoms with van der Waals surface area (Å²) in [4.78, 5) is 2.17. The molecule has 3 heteroatoms. The van der Waals surface area contributed by atoms with Crippen molar-refractivity contribution in [3.63, 3.8) is 0 Å². The fourth-order valence-corrected chi connectivity index (χ4v) is 2.79. The first-order chi connectivity index (χ1) is 8.70. The van der Waals surface area contributed by atoms with Crippen LogP contribution in [0.25, 0.3) is 0 Å². The van der Waals surface area contributed by atoms with Crippen LogP contribution < -0.4 is 4.74 Å². The number of hydrogen-bond acceptors (Lipinski definition) is 3. The van der Waals surface area contributed by atoms with Crippen LogP contribution >= 0.6 is 11.8 Å². The Labute approximate surface area is 112 Å². The lowest BCUT2D eigenvalue weighted by Gasteiger charge is -2.11. The van der Waals surface area contributed by atoms with E-state index in [2.05, 4.69) is 0 Å². The van der Waals surface area contributed by atoms with Crippen LogP contribution in [0.2, 0.25) is 0 Å². The van der Waals surface area contributed by atoms with Crippen molar-refractivity contribution in [3.8, 4) is 5.75 Å². The summed E-state index contributed by atoms with van der Waals surface area (Å²) in [6, 6.07) is 15.8. The van der Waals surface area contributed by atoms with Crippen molar-refractivity contribution in [2.24, 2.45) is 0 Å². The summed E-state index contributed by atoms with van der Waals surface area (Å²) in [6.07, 6.45) is -0.459. The lowest BCUT2D eigenvalue weighted by Crippen LogP contribution is -1.93. The smallest absolute Gasteiger partial charge is 0.119 e. The summed E-state index contributed by atoms with van der Waals surface area (Å²) in [5.74, 6) is 0.842. The second kappa shape index (κ2) is 5.94. The molecule has 0 aromatic heterocycles. The van der Waals surface area contributed by atoms with Crippen LogP contribution in [0.3, 0.4) is 0 Å². The molecule has 0 aliphatic carbocycles. The van der Waals surface area contributed by atoms with Gasteiger partial charge in [0.25, 0.3) is 0 Å². The highest BCUT2D eigenvalue weighted by Crippen LogP contribution is 2.34. The molecule has 2 nitrogen and oxygen atoms in total. The zero-order chi connectivity index (χ0) is 13.0. The molecule has 0 saturated heterocycles. The van der Waals surface area contributed by atoms with Gasteiger partial charge in [-0.3, -0.25) is 0 Å². The first-order valence-electron chi connectivity index (χ1n) is 5.79.